The van der Waals surface area contributed by atoms with E-state index in [4.69, 9.17) is 10.5 Å². The molecular formula is C16H25BrN2O. The molecule has 3 atom stereocenters. The van der Waals surface area contributed by atoms with Crippen LogP contribution in [0.5, 0.6) is 0 Å². The molecule has 4 heteroatoms. The molecule has 3 unspecified atom stereocenters. The molecule has 0 radical (unpaired) electrons. The lowest BCUT2D eigenvalue weighted by Crippen LogP contribution is -2.53. The van der Waals surface area contributed by atoms with Gasteiger partial charge in [0.15, 0.2) is 0 Å². The maximum Gasteiger partial charge on any atom is 0.0838 e. The van der Waals surface area contributed by atoms with E-state index in [1.807, 2.05) is 6.20 Å². The molecule has 0 bridgehead atoms. The minimum atomic E-state index is -0.158. The highest BCUT2D eigenvalue weighted by molar-refractivity contribution is 9.10. The summed E-state index contributed by atoms with van der Waals surface area (Å²) in [6.07, 6.45) is 9.18. The number of aromatic nitrogens is 1. The van der Waals surface area contributed by atoms with Crippen LogP contribution in [-0.4, -0.2) is 23.2 Å². The standard InChI is InChI=1S/C16H25BrN2O/c1-3-20-16(6-4-5-12(2)9-16)15(18)8-13-7-14(17)11-19-10-13/h7,10-12,15H,3-6,8-9,18H2,1-2H3. The van der Waals surface area contributed by atoms with Crippen molar-refractivity contribution in [1.29, 1.82) is 0 Å². The summed E-state index contributed by atoms with van der Waals surface area (Å²) in [4.78, 5) is 4.22. The van der Waals surface area contributed by atoms with Crippen molar-refractivity contribution in [1.82, 2.24) is 4.98 Å². The van der Waals surface area contributed by atoms with Crippen molar-refractivity contribution in [3.63, 3.8) is 0 Å². The van der Waals surface area contributed by atoms with Crippen LogP contribution in [0.4, 0.5) is 0 Å². The van der Waals surface area contributed by atoms with E-state index in [0.717, 1.165) is 30.3 Å². The molecule has 2 rings (SSSR count). The van der Waals surface area contributed by atoms with E-state index < -0.39 is 0 Å². The van der Waals surface area contributed by atoms with E-state index in [9.17, 15) is 0 Å². The van der Waals surface area contributed by atoms with Crippen molar-refractivity contribution in [3.8, 4) is 0 Å². The Bertz CT molecular complexity index is 436. The average molecular weight is 341 g/mol. The second kappa shape index (κ2) is 7.01. The molecule has 2 N–H and O–H groups in total. The topological polar surface area (TPSA) is 48.1 Å². The quantitative estimate of drug-likeness (QED) is 0.888. The molecule has 20 heavy (non-hydrogen) atoms. The first kappa shape index (κ1) is 15.9. The molecule has 1 fully saturated rings. The van der Waals surface area contributed by atoms with Crippen LogP contribution in [-0.2, 0) is 11.2 Å². The van der Waals surface area contributed by atoms with Gasteiger partial charge in [-0.1, -0.05) is 19.8 Å². The Balaban J connectivity index is 2.12. The number of ether oxygens (including phenoxy) is 1. The number of nitrogens with two attached hydrogens (primary N) is 1. The fourth-order valence-corrected chi connectivity index (χ4v) is 3.83. The Morgan fingerprint density at radius 2 is 2.35 bits per heavy atom. The smallest absolute Gasteiger partial charge is 0.0838 e. The summed E-state index contributed by atoms with van der Waals surface area (Å²) in [6, 6.07) is 2.12. The number of nitrogens with zero attached hydrogens (tertiary/aromatic N) is 1. The monoisotopic (exact) mass is 340 g/mol. The van der Waals surface area contributed by atoms with Crippen molar-refractivity contribution in [2.24, 2.45) is 11.7 Å². The molecule has 0 saturated heterocycles. The van der Waals surface area contributed by atoms with Crippen molar-refractivity contribution in [2.45, 2.75) is 57.6 Å². The molecule has 3 nitrogen and oxygen atoms in total. The lowest BCUT2D eigenvalue weighted by atomic mass is 9.73. The van der Waals surface area contributed by atoms with Gasteiger partial charge < -0.3 is 10.5 Å². The van der Waals surface area contributed by atoms with Crippen LogP contribution in [0.2, 0.25) is 0 Å². The highest BCUT2D eigenvalue weighted by Gasteiger charge is 2.40. The number of halogens is 1. The van der Waals surface area contributed by atoms with Gasteiger partial charge in [0.25, 0.3) is 0 Å². The van der Waals surface area contributed by atoms with E-state index in [2.05, 4.69) is 40.8 Å². The van der Waals surface area contributed by atoms with E-state index in [1.54, 1.807) is 6.20 Å². The Morgan fingerprint density at radius 3 is 3.00 bits per heavy atom. The maximum absolute atomic E-state index is 6.55. The largest absolute Gasteiger partial charge is 0.374 e. The molecule has 1 aromatic heterocycles. The van der Waals surface area contributed by atoms with Gasteiger partial charge in [-0.3, -0.25) is 4.98 Å². The number of rotatable bonds is 5. The number of pyridine rings is 1. The predicted molar refractivity (Wildman–Crippen MR) is 85.6 cm³/mol. The van der Waals surface area contributed by atoms with Crippen molar-refractivity contribution < 1.29 is 4.74 Å². The third-order valence-corrected chi connectivity index (χ3v) is 4.75. The zero-order chi connectivity index (χ0) is 14.6. The normalized spacial score (nSPS) is 28.3. The van der Waals surface area contributed by atoms with Gasteiger partial charge in [-0.15, -0.1) is 0 Å². The number of hydrogen-bond acceptors (Lipinski definition) is 3. The van der Waals surface area contributed by atoms with Crippen molar-refractivity contribution >= 4 is 15.9 Å². The summed E-state index contributed by atoms with van der Waals surface area (Å²) in [5.41, 5.74) is 7.56. The van der Waals surface area contributed by atoms with Gasteiger partial charge in [0.05, 0.1) is 5.60 Å². The second-order valence-corrected chi connectivity index (χ2v) is 6.94. The molecule has 1 saturated carbocycles. The van der Waals surface area contributed by atoms with E-state index >= 15 is 0 Å². The molecule has 112 valence electrons. The van der Waals surface area contributed by atoms with Crippen LogP contribution >= 0.6 is 15.9 Å². The first-order valence-electron chi connectivity index (χ1n) is 7.54. The molecule has 0 aromatic carbocycles. The molecule has 1 heterocycles. The summed E-state index contributed by atoms with van der Waals surface area (Å²) in [6.45, 7) is 5.10. The average Bonchev–Trinajstić information content (AvgIpc) is 2.39. The second-order valence-electron chi connectivity index (χ2n) is 6.02. The van der Waals surface area contributed by atoms with Crippen LogP contribution in [0, 0.1) is 5.92 Å². The van der Waals surface area contributed by atoms with Crippen LogP contribution in [0.1, 0.15) is 45.1 Å². The first-order valence-corrected chi connectivity index (χ1v) is 8.34. The zero-order valence-corrected chi connectivity index (χ0v) is 14.0. The minimum Gasteiger partial charge on any atom is -0.374 e. The van der Waals surface area contributed by atoms with Gasteiger partial charge in [-0.2, -0.15) is 0 Å². The molecule has 1 aromatic rings. The highest BCUT2D eigenvalue weighted by Crippen LogP contribution is 2.38. The van der Waals surface area contributed by atoms with Gasteiger partial charge in [0, 0.05) is 29.5 Å². The first-order chi connectivity index (χ1) is 9.55. The lowest BCUT2D eigenvalue weighted by molar-refractivity contribution is -0.0925. The molecule has 0 aliphatic heterocycles. The van der Waals surface area contributed by atoms with Gasteiger partial charge in [0.2, 0.25) is 0 Å². The Hall–Kier alpha value is -0.450. The molecule has 1 aliphatic rings. The fourth-order valence-electron chi connectivity index (χ4n) is 3.41. The molecule has 1 aliphatic carbocycles. The Labute approximate surface area is 130 Å². The molecule has 0 spiro atoms. The van der Waals surface area contributed by atoms with Gasteiger partial charge >= 0.3 is 0 Å². The summed E-state index contributed by atoms with van der Waals surface area (Å²) < 4.78 is 7.15. The van der Waals surface area contributed by atoms with E-state index in [0.29, 0.717) is 5.92 Å². The maximum atomic E-state index is 6.55. The minimum absolute atomic E-state index is 0.0290. The van der Waals surface area contributed by atoms with E-state index in [1.165, 1.54) is 18.4 Å². The van der Waals surface area contributed by atoms with Crippen molar-refractivity contribution in [3.05, 3.63) is 28.5 Å². The summed E-state index contributed by atoms with van der Waals surface area (Å²) in [5, 5.41) is 0. The van der Waals surface area contributed by atoms with Crippen LogP contribution in [0.15, 0.2) is 22.9 Å². The SMILES string of the molecule is CCOC1(C(N)Cc2cncc(Br)c2)CCCC(C)C1. The van der Waals surface area contributed by atoms with Crippen molar-refractivity contribution in [2.75, 3.05) is 6.61 Å². The van der Waals surface area contributed by atoms with Crippen LogP contribution in [0.3, 0.4) is 0 Å². The third kappa shape index (κ3) is 3.80. The summed E-state index contributed by atoms with van der Waals surface area (Å²) in [5.74, 6) is 0.696. The Kier molecular flexibility index (Phi) is 5.58. The summed E-state index contributed by atoms with van der Waals surface area (Å²) >= 11 is 3.47. The lowest BCUT2D eigenvalue weighted by Gasteiger charge is -2.44. The number of hydrogen-bond donors (Lipinski definition) is 1. The highest BCUT2D eigenvalue weighted by atomic mass is 79.9. The van der Waals surface area contributed by atoms with Gasteiger partial charge in [-0.05, 0) is 59.7 Å². The third-order valence-electron chi connectivity index (χ3n) is 4.32. The van der Waals surface area contributed by atoms with Gasteiger partial charge in [0.1, 0.15) is 0 Å². The fraction of sp³-hybridized carbons (Fsp3) is 0.688. The van der Waals surface area contributed by atoms with E-state index in [-0.39, 0.29) is 11.6 Å². The zero-order valence-electron chi connectivity index (χ0n) is 12.4. The summed E-state index contributed by atoms with van der Waals surface area (Å²) in [7, 11) is 0. The molecular weight excluding hydrogens is 316 g/mol. The molecule has 0 amide bonds. The van der Waals surface area contributed by atoms with Gasteiger partial charge in [-0.25, -0.2) is 0 Å². The van der Waals surface area contributed by atoms with Crippen LogP contribution in [0.25, 0.3) is 0 Å². The predicted octanol–water partition coefficient (Wildman–Crippen LogP) is 3.70. The van der Waals surface area contributed by atoms with Crippen LogP contribution < -0.4 is 5.73 Å². The Morgan fingerprint density at radius 1 is 1.55 bits per heavy atom.